The number of methoxy groups -OCH3 is 1. The second-order valence-corrected chi connectivity index (χ2v) is 17.4. The molecule has 2 amide bonds. The smallest absolute Gasteiger partial charge is 0.416 e. The predicted octanol–water partition coefficient (Wildman–Crippen LogP) is 8.89. The Morgan fingerprint density at radius 2 is 1.61 bits per heavy atom. The minimum Gasteiger partial charge on any atom is -0.496 e. The number of anilines is 1. The van der Waals surface area contributed by atoms with E-state index < -0.39 is 34.0 Å². The molecule has 2 saturated heterocycles. The van der Waals surface area contributed by atoms with Crippen molar-refractivity contribution in [1.29, 1.82) is 0 Å². The number of hydrogen-bond acceptors (Lipinski definition) is 10. The maximum atomic E-state index is 13.7. The molecule has 2 aromatic carbocycles. The molecule has 3 aliphatic rings. The van der Waals surface area contributed by atoms with Crippen LogP contribution in [0.3, 0.4) is 0 Å². The monoisotopic (exact) mass is 825 g/mol. The van der Waals surface area contributed by atoms with E-state index >= 15 is 0 Å². The maximum Gasteiger partial charge on any atom is 0.416 e. The average molecular weight is 826 g/mol. The number of halogens is 3. The first-order valence-corrected chi connectivity index (χ1v) is 20.9. The van der Waals surface area contributed by atoms with Gasteiger partial charge in [-0.25, -0.2) is 14.8 Å². The summed E-state index contributed by atoms with van der Waals surface area (Å²) in [6, 6.07) is 5.64. The van der Waals surface area contributed by atoms with Crippen LogP contribution >= 0.6 is 0 Å². The number of nitro benzene ring substituents is 1. The maximum absolute atomic E-state index is 13.7. The number of piperidine rings is 1. The number of amides is 2. The summed E-state index contributed by atoms with van der Waals surface area (Å²) in [5, 5.41) is 15.4. The number of carbonyl (C=O) groups excluding carboxylic acids is 2. The Kier molecular flexibility index (Phi) is 13.6. The molecule has 3 aromatic rings. The Hall–Kier alpha value is -4.73. The van der Waals surface area contributed by atoms with Gasteiger partial charge in [0.2, 0.25) is 5.91 Å². The summed E-state index contributed by atoms with van der Waals surface area (Å²) in [5.41, 5.74) is -0.589. The largest absolute Gasteiger partial charge is 0.496 e. The Morgan fingerprint density at radius 1 is 0.932 bits per heavy atom. The summed E-state index contributed by atoms with van der Waals surface area (Å²) in [4.78, 5) is 52.3. The molecular formula is C43H58F3N7O6. The molecule has 0 bridgehead atoms. The third-order valence-electron chi connectivity index (χ3n) is 12.0. The summed E-state index contributed by atoms with van der Waals surface area (Å²) >= 11 is 0. The van der Waals surface area contributed by atoms with Crippen molar-refractivity contribution in [3.63, 3.8) is 0 Å². The van der Waals surface area contributed by atoms with Crippen LogP contribution in [0.4, 0.5) is 29.5 Å². The molecule has 3 heterocycles. The number of non-ortho nitro benzene ring substituents is 1. The van der Waals surface area contributed by atoms with Crippen LogP contribution < -0.4 is 10.1 Å². The second-order valence-electron chi connectivity index (χ2n) is 17.4. The lowest BCUT2D eigenvalue weighted by molar-refractivity contribution is -0.385. The first-order valence-electron chi connectivity index (χ1n) is 20.9. The minimum atomic E-state index is -4.75. The topological polar surface area (TPSA) is 143 Å². The summed E-state index contributed by atoms with van der Waals surface area (Å²) in [6.07, 6.45) is 2.36. The van der Waals surface area contributed by atoms with E-state index in [0.717, 1.165) is 115 Å². The van der Waals surface area contributed by atoms with Crippen molar-refractivity contribution in [3.8, 4) is 5.75 Å². The van der Waals surface area contributed by atoms with Crippen molar-refractivity contribution >= 4 is 34.4 Å². The quantitative estimate of drug-likeness (QED) is 0.147. The Morgan fingerprint density at radius 3 is 2.22 bits per heavy atom. The summed E-state index contributed by atoms with van der Waals surface area (Å²) < 4.78 is 52.4. The molecule has 0 radical (unpaired) electrons. The van der Waals surface area contributed by atoms with Crippen LogP contribution in [0.1, 0.15) is 114 Å². The zero-order valence-corrected chi connectivity index (χ0v) is 35.1. The normalized spacial score (nSPS) is 20.4. The number of nitrogens with one attached hydrogen (secondary N) is 1. The third-order valence-corrected chi connectivity index (χ3v) is 12.0. The molecule has 13 nitrogen and oxygen atoms in total. The van der Waals surface area contributed by atoms with E-state index in [-0.39, 0.29) is 29.4 Å². The number of aryl methyl sites for hydroxylation is 1. The van der Waals surface area contributed by atoms with Crippen LogP contribution in [-0.2, 0) is 15.7 Å². The number of carbonyl (C=O) groups is 2. The Balaban J connectivity index is 1.02. The molecule has 59 heavy (non-hydrogen) atoms. The first-order chi connectivity index (χ1) is 27.9. The van der Waals surface area contributed by atoms with Gasteiger partial charge in [0, 0.05) is 68.8 Å². The SMILES string of the molecule is COc1cc2nc(C)nc(N[C@H](C)c3cc([N+](=O)[O-])cc(C(F)(F)F)c3)c2cc1C1CCC(C(=O)N2CCN(CCCC3CCN(C(=O)OC(C)(C)C)CC3)CC2)CC1. The number of rotatable bonds is 11. The highest BCUT2D eigenvalue weighted by atomic mass is 19.4. The molecule has 0 spiro atoms. The fourth-order valence-corrected chi connectivity index (χ4v) is 8.77. The van der Waals surface area contributed by atoms with E-state index in [2.05, 4.69) is 20.2 Å². The molecule has 1 aliphatic carbocycles. The Labute approximate surface area is 344 Å². The molecule has 3 fully saturated rings. The van der Waals surface area contributed by atoms with Gasteiger partial charge in [-0.2, -0.15) is 13.2 Å². The third kappa shape index (κ3) is 11.1. The number of nitrogens with zero attached hydrogens (tertiary/aromatic N) is 6. The fourth-order valence-electron chi connectivity index (χ4n) is 8.77. The summed E-state index contributed by atoms with van der Waals surface area (Å²) in [7, 11) is 1.60. The molecule has 2 aliphatic heterocycles. The van der Waals surface area contributed by atoms with Crippen molar-refractivity contribution in [1.82, 2.24) is 24.7 Å². The van der Waals surface area contributed by atoms with Crippen LogP contribution in [0.5, 0.6) is 5.75 Å². The summed E-state index contributed by atoms with van der Waals surface area (Å²) in [5.74, 6) is 2.41. The highest BCUT2D eigenvalue weighted by Crippen LogP contribution is 2.43. The molecule has 322 valence electrons. The van der Waals surface area contributed by atoms with Gasteiger partial charge in [-0.3, -0.25) is 19.8 Å². The molecule has 1 N–H and O–H groups in total. The van der Waals surface area contributed by atoms with Crippen LogP contribution in [0.2, 0.25) is 0 Å². The number of nitro groups is 1. The van der Waals surface area contributed by atoms with E-state index in [1.165, 1.54) is 0 Å². The number of aromatic nitrogens is 2. The van der Waals surface area contributed by atoms with Gasteiger partial charge in [0.1, 0.15) is 23.0 Å². The van der Waals surface area contributed by atoms with Gasteiger partial charge in [-0.05, 0) is 128 Å². The molecule has 1 aromatic heterocycles. The van der Waals surface area contributed by atoms with Crippen molar-refractivity contribution in [2.45, 2.75) is 110 Å². The van der Waals surface area contributed by atoms with Gasteiger partial charge >= 0.3 is 12.3 Å². The number of fused-ring (bicyclic) bond motifs is 1. The highest BCUT2D eigenvalue weighted by Gasteiger charge is 2.35. The highest BCUT2D eigenvalue weighted by molar-refractivity contribution is 5.91. The van der Waals surface area contributed by atoms with Crippen LogP contribution in [0.15, 0.2) is 30.3 Å². The van der Waals surface area contributed by atoms with E-state index in [1.807, 2.05) is 42.7 Å². The van der Waals surface area contributed by atoms with Crippen molar-refractivity contribution in [3.05, 3.63) is 63.0 Å². The number of benzene rings is 2. The lowest BCUT2D eigenvalue weighted by Crippen LogP contribution is -2.50. The molecule has 16 heteroatoms. The number of alkyl halides is 3. The minimum absolute atomic E-state index is 0.0450. The van der Waals surface area contributed by atoms with Crippen LogP contribution in [0, 0.1) is 28.9 Å². The average Bonchev–Trinajstić information content (AvgIpc) is 3.19. The zero-order valence-electron chi connectivity index (χ0n) is 35.1. The molecule has 1 atom stereocenters. The number of piperazine rings is 1. The van der Waals surface area contributed by atoms with Crippen molar-refractivity contribution in [2.24, 2.45) is 11.8 Å². The van der Waals surface area contributed by atoms with E-state index in [9.17, 15) is 32.9 Å². The number of ether oxygens (including phenoxy) is 2. The molecule has 1 saturated carbocycles. The molecular weight excluding hydrogens is 768 g/mol. The zero-order chi connectivity index (χ0) is 42.6. The first kappa shape index (κ1) is 43.8. The lowest BCUT2D eigenvalue weighted by atomic mass is 9.77. The molecule has 0 unspecified atom stereocenters. The van der Waals surface area contributed by atoms with Gasteiger partial charge in [0.05, 0.1) is 29.2 Å². The molecule has 6 rings (SSSR count). The lowest BCUT2D eigenvalue weighted by Gasteiger charge is -2.38. The van der Waals surface area contributed by atoms with Gasteiger partial charge in [0.25, 0.3) is 5.69 Å². The van der Waals surface area contributed by atoms with Gasteiger partial charge in [0.15, 0.2) is 0 Å². The van der Waals surface area contributed by atoms with E-state index in [4.69, 9.17) is 9.47 Å². The fraction of sp³-hybridized carbons (Fsp3) is 0.628. The van der Waals surface area contributed by atoms with Crippen LogP contribution in [-0.4, -0.2) is 100 Å². The van der Waals surface area contributed by atoms with Crippen molar-refractivity contribution < 1.29 is 37.2 Å². The van der Waals surface area contributed by atoms with E-state index in [0.29, 0.717) is 40.3 Å². The van der Waals surface area contributed by atoms with E-state index in [1.54, 1.807) is 21.0 Å². The second kappa shape index (κ2) is 18.3. The standard InChI is InChI=1S/C43H58F3N7O6/c1-27(32-22-33(43(44,45)46)24-34(23-32)53(56)57)47-39-36-25-35(38(58-6)26-37(36)48-28(2)49-39)30-9-11-31(12-10-30)40(54)51-20-18-50(19-21-51)15-7-8-29-13-16-52(17-14-29)41(55)59-42(3,4)5/h22-27,29-31H,7-21H2,1-6H3,(H,47,48,49)/t27-,30?,31?/m1/s1. The van der Waals surface area contributed by atoms with Gasteiger partial charge in [-0.15, -0.1) is 0 Å². The van der Waals surface area contributed by atoms with Gasteiger partial charge in [-0.1, -0.05) is 0 Å². The van der Waals surface area contributed by atoms with Crippen molar-refractivity contribution in [2.75, 3.05) is 58.2 Å². The Bertz CT molecular complexity index is 1980. The predicted molar refractivity (Wildman–Crippen MR) is 218 cm³/mol. The van der Waals surface area contributed by atoms with Gasteiger partial charge < -0.3 is 24.6 Å². The number of likely N-dealkylation sites (tertiary alicyclic amines) is 1. The number of hydrogen-bond donors (Lipinski definition) is 1. The van der Waals surface area contributed by atoms with Crippen LogP contribution in [0.25, 0.3) is 10.9 Å². The summed E-state index contributed by atoms with van der Waals surface area (Å²) in [6.45, 7) is 14.7.